The second-order valence-corrected chi connectivity index (χ2v) is 20.2. The van der Waals surface area contributed by atoms with Crippen molar-refractivity contribution in [2.45, 2.75) is 38.9 Å². The van der Waals surface area contributed by atoms with Gasteiger partial charge in [0.25, 0.3) is 0 Å². The average molecular weight is 778 g/mol. The molecule has 53 heavy (non-hydrogen) atoms. The van der Waals surface area contributed by atoms with Crippen molar-refractivity contribution in [2.24, 2.45) is 0 Å². The molecule has 1 aromatic heterocycles. The summed E-state index contributed by atoms with van der Waals surface area (Å²) in [5.74, 6) is 0. The van der Waals surface area contributed by atoms with Crippen LogP contribution in [0.25, 0.3) is 38.6 Å². The molecule has 1 aliphatic rings. The van der Waals surface area contributed by atoms with Gasteiger partial charge in [0.05, 0.1) is 1.37 Å². The van der Waals surface area contributed by atoms with Gasteiger partial charge in [0, 0.05) is 0 Å². The van der Waals surface area contributed by atoms with Crippen LogP contribution in [-0.4, -0.2) is 36.2 Å². The normalized spacial score (nSPS) is 23.2. The summed E-state index contributed by atoms with van der Waals surface area (Å²) in [4.78, 5) is 0. The van der Waals surface area contributed by atoms with E-state index in [1.807, 2.05) is 0 Å². The number of para-hydroxylation sites is 1. The quantitative estimate of drug-likeness (QED) is 0.153. The van der Waals surface area contributed by atoms with E-state index in [4.69, 9.17) is 27.1 Å². The molecule has 0 saturated carbocycles. The van der Waals surface area contributed by atoms with Gasteiger partial charge < -0.3 is 0 Å². The first-order chi connectivity index (χ1) is 38.2. The predicted molar refractivity (Wildman–Crippen MR) is 226 cm³/mol. The van der Waals surface area contributed by atoms with Crippen LogP contribution in [-0.2, 0) is 9.31 Å². The van der Waals surface area contributed by atoms with Crippen molar-refractivity contribution in [1.29, 1.82) is 0 Å². The van der Waals surface area contributed by atoms with Crippen molar-refractivity contribution in [3.05, 3.63) is 181 Å². The molecule has 7 aromatic carbocycles. The molecule has 3 nitrogen and oxygen atoms in total. The third-order valence-corrected chi connectivity index (χ3v) is 17.8. The third-order valence-electron chi connectivity index (χ3n) is 9.38. The molecule has 0 radical (unpaired) electrons. The van der Waals surface area contributed by atoms with E-state index in [-0.39, 0.29) is 0 Å². The molecule has 0 spiro atoms. The Kier molecular flexibility index (Phi) is 3.52. The van der Waals surface area contributed by atoms with Gasteiger partial charge in [-0.15, -0.1) is 0 Å². The van der Waals surface area contributed by atoms with Gasteiger partial charge in [-0.25, -0.2) is 0 Å². The monoisotopic (exact) mass is 779 g/mol. The van der Waals surface area contributed by atoms with E-state index in [0.29, 0.717) is 4.57 Å². The summed E-state index contributed by atoms with van der Waals surface area (Å²) in [5, 5.41) is -1.46. The molecule has 1 fully saturated rings. The van der Waals surface area contributed by atoms with Crippen molar-refractivity contribution >= 4 is 65.2 Å². The van der Waals surface area contributed by atoms with Gasteiger partial charge in [-0.1, -0.05) is 0 Å². The van der Waals surface area contributed by atoms with E-state index in [1.165, 1.54) is 0 Å². The topological polar surface area (TPSA) is 23.4 Å². The molecule has 0 amide bonds. The van der Waals surface area contributed by atoms with Gasteiger partial charge in [-0.3, -0.25) is 0 Å². The minimum absolute atomic E-state index is 0.567. The number of hydrogen-bond acceptors (Lipinski definition) is 2. The van der Waals surface area contributed by atoms with Gasteiger partial charge in [0.2, 0.25) is 0 Å². The Hall–Kier alpha value is -5.13. The van der Waals surface area contributed by atoms with E-state index in [2.05, 4.69) is 0 Å². The summed E-state index contributed by atoms with van der Waals surface area (Å²) < 4.78 is 287. The number of benzene rings is 7. The van der Waals surface area contributed by atoms with E-state index >= 15 is 0 Å². The number of aromatic nitrogens is 1. The Morgan fingerprint density at radius 3 is 1.66 bits per heavy atom. The van der Waals surface area contributed by atoms with Gasteiger partial charge in [0.15, 0.2) is 0 Å². The second kappa shape index (κ2) is 13.1. The van der Waals surface area contributed by atoms with Crippen molar-refractivity contribution in [1.82, 2.24) is 4.57 Å². The van der Waals surface area contributed by atoms with Crippen molar-refractivity contribution in [3.8, 4) is 16.8 Å². The first kappa shape index (κ1) is 14.3. The van der Waals surface area contributed by atoms with E-state index < -0.39 is 275 Å². The maximum atomic E-state index is 10.6. The molecule has 5 heteroatoms. The predicted octanol–water partition coefficient (Wildman–Crippen LogP) is 8.13. The molecule has 2 heterocycles. The Bertz CT molecular complexity index is 4140. The van der Waals surface area contributed by atoms with Crippen LogP contribution in [0.3, 0.4) is 0 Å². The molecule has 0 aliphatic carbocycles. The molecule has 9 rings (SSSR count). The van der Waals surface area contributed by atoms with E-state index in [0.717, 1.165) is 0 Å². The Labute approximate surface area is 357 Å². The van der Waals surface area contributed by atoms with Gasteiger partial charge in [-0.05, 0) is 0 Å². The molecule has 0 bridgehead atoms. The van der Waals surface area contributed by atoms with Crippen LogP contribution >= 0.6 is 0 Å². The standard InChI is InChI=1S/C48H42BGeNO2/c1-47(2)48(3,4)53-49(52-47)37-20-16-25-40(33-37)50(38-21-10-6-11-22-38,39-23-12-7-13-24-39)41-26-17-27-42(34-41)51-45-29-15-14-28-43(45)44-32-36(30-31-46(44)51)35-18-8-5-9-19-35/h5-34H,1-4H3/i5D,6D,7D,8D,9D,10D,11D,12D,13D,14D,15D,16D,17D,18D,19D,20D,21D,22D,23D,24D,25D,26D,27D,28D,29D,30D,31D,32D,33D,34D. The van der Waals surface area contributed by atoms with E-state index in [1.54, 1.807) is 27.7 Å². The molecular weight excluding hydrogens is 706 g/mol. The average Bonchev–Trinajstić information content (AvgIpc) is 1.62. The van der Waals surface area contributed by atoms with Crippen LogP contribution in [0.5, 0.6) is 0 Å². The summed E-state index contributed by atoms with van der Waals surface area (Å²) in [6.45, 7) is 6.29. The number of fused-ring (bicyclic) bond motifs is 3. The fourth-order valence-corrected chi connectivity index (χ4v) is 13.7. The van der Waals surface area contributed by atoms with Crippen LogP contribution in [0.2, 0.25) is 0 Å². The van der Waals surface area contributed by atoms with Crippen molar-refractivity contribution in [2.75, 3.05) is 0 Å². The van der Waals surface area contributed by atoms with Crippen molar-refractivity contribution in [3.63, 3.8) is 0 Å². The second-order valence-electron chi connectivity index (χ2n) is 12.9. The number of rotatable bonds is 7. The van der Waals surface area contributed by atoms with Gasteiger partial charge in [0.1, 0.15) is 0 Å². The third kappa shape index (κ3) is 5.59. The summed E-state index contributed by atoms with van der Waals surface area (Å²) in [5.41, 5.74) is -7.73. The Morgan fingerprint density at radius 1 is 0.472 bits per heavy atom. The molecule has 1 aliphatic heterocycles. The fourth-order valence-electron chi connectivity index (χ4n) is 6.12. The van der Waals surface area contributed by atoms with Crippen LogP contribution < -0.4 is 23.0 Å². The van der Waals surface area contributed by atoms with Crippen LogP contribution in [0.1, 0.15) is 68.8 Å². The summed E-state index contributed by atoms with van der Waals surface area (Å²) in [7, 11) is -1.85. The molecule has 258 valence electrons. The summed E-state index contributed by atoms with van der Waals surface area (Å²) >= 11 is -7.55. The molecule has 0 unspecified atom stereocenters. The fraction of sp³-hybridized carbons (Fsp3) is 0.125. The Morgan fingerprint density at radius 2 is 1.00 bits per heavy atom. The van der Waals surface area contributed by atoms with Gasteiger partial charge >= 0.3 is 356 Å². The maximum absolute atomic E-state index is 10.6. The Balaban J connectivity index is 1.66. The number of nitrogens with zero attached hydrogens (tertiary/aromatic N) is 1. The molecule has 1 saturated heterocycles. The van der Waals surface area contributed by atoms with Gasteiger partial charge in [-0.2, -0.15) is 0 Å². The van der Waals surface area contributed by atoms with Crippen LogP contribution in [0, 0.1) is 0 Å². The first-order valence-corrected chi connectivity index (χ1v) is 20.3. The van der Waals surface area contributed by atoms with E-state index in [9.17, 15) is 23.3 Å². The molecule has 8 aromatic rings. The zero-order valence-electron chi connectivity index (χ0n) is 58.3. The molecular formula is C48H42BGeNO2. The SMILES string of the molecule is [2H]c1c([2H])c([2H])c(-c2c([2H])c([2H])c3c(c2[2H])c2c([2H])c([2H])c([2H])c([2H])c2n3-c2c([2H])c([2H])c([2H])[c]([Ge]([c]3c([2H])c([2H])c([2H])c([2H])c3[2H])([c]3c([2H])c([2H])c([2H])c([2H])c3[2H])[c]3c([2H])c([2H])c([2H])c(B4OC(C)(C)C(C)(C)O4)c3[2H])c2[2H])c([2H])c1[2H]. The molecule has 0 N–H and O–H groups in total. The zero-order chi connectivity index (χ0) is 62.3. The van der Waals surface area contributed by atoms with Crippen LogP contribution in [0.15, 0.2) is 181 Å². The van der Waals surface area contributed by atoms with Crippen molar-refractivity contribution < 1.29 is 50.4 Å². The van der Waals surface area contributed by atoms with Crippen LogP contribution in [0.4, 0.5) is 0 Å². The minimum atomic E-state index is -7.55. The zero-order valence-corrected chi connectivity index (χ0v) is 30.4. The molecule has 0 atom stereocenters. The number of hydrogen-bond donors (Lipinski definition) is 0. The summed E-state index contributed by atoms with van der Waals surface area (Å²) in [6, 6.07) is -33.8. The summed E-state index contributed by atoms with van der Waals surface area (Å²) in [6.07, 6.45) is 0. The first-order valence-electron chi connectivity index (χ1n) is 31.1.